The second-order valence-corrected chi connectivity index (χ2v) is 7.48. The molecule has 0 saturated heterocycles. The van der Waals surface area contributed by atoms with Crippen LogP contribution in [0.5, 0.6) is 0 Å². The molecule has 98 valence electrons. The molecule has 1 aliphatic heterocycles. The average molecular weight is 308 g/mol. The molecular weight excluding hydrogens is 286 g/mol. The van der Waals surface area contributed by atoms with Crippen molar-refractivity contribution in [2.45, 2.75) is 45.4 Å². The van der Waals surface area contributed by atoms with Crippen molar-refractivity contribution in [3.05, 3.63) is 28.2 Å². The Labute approximate surface area is 118 Å². The largest absolute Gasteiger partial charge is 0.384 e. The van der Waals surface area contributed by atoms with Crippen LogP contribution in [0.1, 0.15) is 51.0 Å². The van der Waals surface area contributed by atoms with Gasteiger partial charge in [-0.15, -0.1) is 0 Å². The van der Waals surface area contributed by atoms with E-state index in [-0.39, 0.29) is 0 Å². The highest BCUT2D eigenvalue weighted by Crippen LogP contribution is 2.50. The smallest absolute Gasteiger partial charge is 0.0377 e. The van der Waals surface area contributed by atoms with E-state index in [9.17, 15) is 0 Å². The highest BCUT2D eigenvalue weighted by atomic mass is 79.9. The molecule has 1 heterocycles. The minimum atomic E-state index is 0.495. The van der Waals surface area contributed by atoms with Gasteiger partial charge in [0.15, 0.2) is 0 Å². The topological polar surface area (TPSA) is 12.0 Å². The Morgan fingerprint density at radius 1 is 1.28 bits per heavy atom. The first-order chi connectivity index (χ1) is 8.58. The van der Waals surface area contributed by atoms with Crippen molar-refractivity contribution in [2.24, 2.45) is 11.3 Å². The van der Waals surface area contributed by atoms with Crippen molar-refractivity contribution in [3.63, 3.8) is 0 Å². The van der Waals surface area contributed by atoms with E-state index in [0.29, 0.717) is 11.3 Å². The van der Waals surface area contributed by atoms with Gasteiger partial charge in [0.05, 0.1) is 0 Å². The molecular formula is C16H22BrN. The lowest BCUT2D eigenvalue weighted by molar-refractivity contribution is 0.116. The second kappa shape index (κ2) is 4.56. The molecule has 0 bridgehead atoms. The number of anilines is 1. The lowest BCUT2D eigenvalue weighted by Gasteiger charge is -2.42. The van der Waals surface area contributed by atoms with Crippen molar-refractivity contribution in [1.82, 2.24) is 0 Å². The molecule has 0 spiro atoms. The van der Waals surface area contributed by atoms with Gasteiger partial charge in [-0.2, -0.15) is 0 Å². The van der Waals surface area contributed by atoms with Crippen LogP contribution in [0.15, 0.2) is 22.7 Å². The van der Waals surface area contributed by atoms with Crippen molar-refractivity contribution in [2.75, 3.05) is 11.9 Å². The number of benzene rings is 1. The Morgan fingerprint density at radius 3 is 2.89 bits per heavy atom. The number of nitrogens with one attached hydrogen (secondary N) is 1. The minimum Gasteiger partial charge on any atom is -0.384 e. The van der Waals surface area contributed by atoms with Gasteiger partial charge in [-0.3, -0.25) is 0 Å². The highest BCUT2D eigenvalue weighted by molar-refractivity contribution is 9.10. The van der Waals surface area contributed by atoms with Crippen molar-refractivity contribution >= 4 is 21.6 Å². The summed E-state index contributed by atoms with van der Waals surface area (Å²) < 4.78 is 1.21. The molecule has 0 radical (unpaired) electrons. The third kappa shape index (κ3) is 2.09. The molecule has 2 aliphatic rings. The summed E-state index contributed by atoms with van der Waals surface area (Å²) in [4.78, 5) is 0. The summed E-state index contributed by atoms with van der Waals surface area (Å²) >= 11 is 3.62. The van der Waals surface area contributed by atoms with Crippen molar-refractivity contribution in [3.8, 4) is 0 Å². The number of hydrogen-bond acceptors (Lipinski definition) is 1. The molecule has 0 amide bonds. The molecule has 1 saturated carbocycles. The summed E-state index contributed by atoms with van der Waals surface area (Å²) in [5.74, 6) is 1.53. The zero-order valence-electron chi connectivity index (χ0n) is 11.3. The molecule has 2 atom stereocenters. The molecule has 1 fully saturated rings. The van der Waals surface area contributed by atoms with Crippen LogP contribution in [-0.4, -0.2) is 6.54 Å². The summed E-state index contributed by atoms with van der Waals surface area (Å²) in [7, 11) is 0. The molecule has 1 aliphatic carbocycles. The molecule has 0 aromatic heterocycles. The van der Waals surface area contributed by atoms with Gasteiger partial charge in [0.1, 0.15) is 0 Å². The van der Waals surface area contributed by atoms with Crippen molar-refractivity contribution in [1.29, 1.82) is 0 Å². The lowest BCUT2D eigenvalue weighted by Crippen LogP contribution is -2.33. The predicted molar refractivity (Wildman–Crippen MR) is 81.1 cm³/mol. The van der Waals surface area contributed by atoms with Crippen LogP contribution in [0.4, 0.5) is 5.69 Å². The van der Waals surface area contributed by atoms with E-state index in [4.69, 9.17) is 0 Å². The van der Waals surface area contributed by atoms with E-state index < -0.39 is 0 Å². The predicted octanol–water partition coefficient (Wildman–Crippen LogP) is 5.17. The standard InChI is InChI=1S/C16H22BrN/c1-16(2)8-4-3-5-14(16)13-10-18-15-7-6-11(17)9-12(13)15/h6-7,9,13-14,18H,3-5,8,10H2,1-2H3. The van der Waals surface area contributed by atoms with Gasteiger partial charge in [-0.1, -0.05) is 42.6 Å². The van der Waals surface area contributed by atoms with Crippen LogP contribution >= 0.6 is 15.9 Å². The highest BCUT2D eigenvalue weighted by Gasteiger charge is 2.40. The fraction of sp³-hybridized carbons (Fsp3) is 0.625. The molecule has 2 heteroatoms. The maximum atomic E-state index is 3.62. The molecule has 1 nitrogen and oxygen atoms in total. The molecule has 3 rings (SSSR count). The van der Waals surface area contributed by atoms with Gasteiger partial charge in [-0.05, 0) is 47.9 Å². The summed E-state index contributed by atoms with van der Waals surface area (Å²) in [6, 6.07) is 6.68. The molecule has 1 N–H and O–H groups in total. The Balaban J connectivity index is 1.93. The number of rotatable bonds is 1. The first kappa shape index (κ1) is 12.5. The molecule has 1 aromatic rings. The number of hydrogen-bond donors (Lipinski definition) is 1. The molecule has 2 unspecified atom stereocenters. The van der Waals surface area contributed by atoms with Gasteiger partial charge < -0.3 is 5.32 Å². The van der Waals surface area contributed by atoms with Gasteiger partial charge in [0, 0.05) is 22.6 Å². The summed E-state index contributed by atoms with van der Waals surface area (Å²) in [5, 5.41) is 3.59. The van der Waals surface area contributed by atoms with Crippen LogP contribution in [-0.2, 0) is 0 Å². The van der Waals surface area contributed by atoms with E-state index in [1.54, 1.807) is 0 Å². The first-order valence-electron chi connectivity index (χ1n) is 7.11. The minimum absolute atomic E-state index is 0.495. The lowest BCUT2D eigenvalue weighted by atomic mass is 9.63. The maximum Gasteiger partial charge on any atom is 0.0377 e. The van der Waals surface area contributed by atoms with Crippen LogP contribution in [0.2, 0.25) is 0 Å². The van der Waals surface area contributed by atoms with Crippen LogP contribution in [0.3, 0.4) is 0 Å². The average Bonchev–Trinajstić information content (AvgIpc) is 2.71. The van der Waals surface area contributed by atoms with E-state index in [0.717, 1.165) is 12.5 Å². The van der Waals surface area contributed by atoms with Gasteiger partial charge >= 0.3 is 0 Å². The monoisotopic (exact) mass is 307 g/mol. The number of halogens is 1. The van der Waals surface area contributed by atoms with Crippen molar-refractivity contribution < 1.29 is 0 Å². The van der Waals surface area contributed by atoms with E-state index in [1.807, 2.05) is 0 Å². The zero-order chi connectivity index (χ0) is 12.8. The number of fused-ring (bicyclic) bond motifs is 1. The van der Waals surface area contributed by atoms with E-state index in [1.165, 1.54) is 41.4 Å². The van der Waals surface area contributed by atoms with E-state index >= 15 is 0 Å². The molecule has 1 aromatic carbocycles. The normalized spacial score (nSPS) is 29.7. The Bertz CT molecular complexity index is 452. The van der Waals surface area contributed by atoms with Gasteiger partial charge in [0.2, 0.25) is 0 Å². The van der Waals surface area contributed by atoms with Gasteiger partial charge in [-0.25, -0.2) is 0 Å². The van der Waals surface area contributed by atoms with Gasteiger partial charge in [0.25, 0.3) is 0 Å². The Morgan fingerprint density at radius 2 is 2.11 bits per heavy atom. The SMILES string of the molecule is CC1(C)CCCCC1C1CNc2ccc(Br)cc21. The second-order valence-electron chi connectivity index (χ2n) is 6.56. The summed E-state index contributed by atoms with van der Waals surface area (Å²) in [6.45, 7) is 6.06. The summed E-state index contributed by atoms with van der Waals surface area (Å²) in [6.07, 6.45) is 5.60. The summed E-state index contributed by atoms with van der Waals surface area (Å²) in [5.41, 5.74) is 3.38. The first-order valence-corrected chi connectivity index (χ1v) is 7.90. The zero-order valence-corrected chi connectivity index (χ0v) is 12.9. The Hall–Kier alpha value is -0.500. The van der Waals surface area contributed by atoms with Crippen LogP contribution in [0.25, 0.3) is 0 Å². The fourth-order valence-corrected chi connectivity index (χ4v) is 4.34. The third-order valence-corrected chi connectivity index (χ3v) is 5.49. The van der Waals surface area contributed by atoms with E-state index in [2.05, 4.69) is 53.3 Å². The quantitative estimate of drug-likeness (QED) is 0.754. The van der Waals surface area contributed by atoms with Crippen LogP contribution < -0.4 is 5.32 Å². The third-order valence-electron chi connectivity index (χ3n) is 5.00. The Kier molecular flexibility index (Phi) is 3.17. The molecule has 18 heavy (non-hydrogen) atoms. The van der Waals surface area contributed by atoms with Crippen LogP contribution in [0, 0.1) is 11.3 Å². The maximum absolute atomic E-state index is 3.62. The fourth-order valence-electron chi connectivity index (χ4n) is 3.96.